The third-order valence-corrected chi connectivity index (χ3v) is 4.00. The zero-order valence-corrected chi connectivity index (χ0v) is 12.8. The van der Waals surface area contributed by atoms with E-state index in [1.54, 1.807) is 0 Å². The van der Waals surface area contributed by atoms with Gasteiger partial charge in [-0.3, -0.25) is 4.55 Å². The van der Waals surface area contributed by atoms with Crippen LogP contribution in [-0.4, -0.2) is 36.2 Å². The molecule has 0 aromatic heterocycles. The largest absolute Gasteiger partial charge is 0.437 e. The summed E-state index contributed by atoms with van der Waals surface area (Å²) in [4.78, 5) is 0. The van der Waals surface area contributed by atoms with Gasteiger partial charge in [-0.15, -0.1) is 0 Å². The molecule has 0 aliphatic rings. The Morgan fingerprint density at radius 2 is 1.04 bits per heavy atom. The van der Waals surface area contributed by atoms with Crippen molar-refractivity contribution in [2.75, 3.05) is 0 Å². The van der Waals surface area contributed by atoms with Gasteiger partial charge in [0, 0.05) is 12.8 Å². The summed E-state index contributed by atoms with van der Waals surface area (Å²) in [6.07, 6.45) is -8.61. The summed E-state index contributed by atoms with van der Waals surface area (Å²) < 4.78 is 142. The summed E-state index contributed by atoms with van der Waals surface area (Å²) in [6.45, 7) is 0. The molecular weight excluding hydrogens is 383 g/mol. The Kier molecular flexibility index (Phi) is 7.44. The fourth-order valence-electron chi connectivity index (χ4n) is 1.73. The van der Waals surface area contributed by atoms with Crippen molar-refractivity contribution in [1.29, 1.82) is 0 Å². The highest BCUT2D eigenvalue weighted by molar-refractivity contribution is 7.87. The van der Waals surface area contributed by atoms with E-state index in [9.17, 15) is 47.9 Å². The van der Waals surface area contributed by atoms with Crippen molar-refractivity contribution in [2.24, 2.45) is 0 Å². The molecule has 3 nitrogen and oxygen atoms in total. The maximum absolute atomic E-state index is 13.2. The van der Waals surface area contributed by atoms with Gasteiger partial charge in [0.2, 0.25) is 0 Å². The standard InChI is InChI=1S/C11H15F9O3S/c12-8(13,10(17,18)11(19,20)24(21,22)23)6-4-2-1-3-5-7-9(14,15)16/h1-7H2,(H,21,22,23). The topological polar surface area (TPSA) is 54.4 Å². The number of alkyl halides is 9. The van der Waals surface area contributed by atoms with Crippen LogP contribution in [0, 0.1) is 0 Å². The molecule has 0 radical (unpaired) electrons. The van der Waals surface area contributed by atoms with Gasteiger partial charge in [0.1, 0.15) is 0 Å². The van der Waals surface area contributed by atoms with E-state index in [1.807, 2.05) is 0 Å². The van der Waals surface area contributed by atoms with Crippen LogP contribution in [-0.2, 0) is 10.1 Å². The Hall–Kier alpha value is -0.720. The fraction of sp³-hybridized carbons (Fsp3) is 1.00. The Bertz CT molecular complexity index is 499. The minimum Gasteiger partial charge on any atom is -0.281 e. The second-order valence-corrected chi connectivity index (χ2v) is 6.62. The number of hydrogen-bond acceptors (Lipinski definition) is 2. The molecule has 0 saturated heterocycles. The molecule has 0 spiro atoms. The van der Waals surface area contributed by atoms with Crippen molar-refractivity contribution < 1.29 is 52.5 Å². The molecule has 0 aliphatic carbocycles. The van der Waals surface area contributed by atoms with Crippen molar-refractivity contribution in [2.45, 2.75) is 68.2 Å². The first kappa shape index (κ1) is 23.3. The van der Waals surface area contributed by atoms with E-state index in [4.69, 9.17) is 4.55 Å². The highest BCUT2D eigenvalue weighted by Gasteiger charge is 2.76. The maximum atomic E-state index is 13.2. The van der Waals surface area contributed by atoms with E-state index in [0.29, 0.717) is 0 Å². The molecule has 1 N–H and O–H groups in total. The SMILES string of the molecule is O=S(=O)(O)C(F)(F)C(F)(F)C(F)(F)CCCCCCCC(F)(F)F. The highest BCUT2D eigenvalue weighted by Crippen LogP contribution is 2.50. The van der Waals surface area contributed by atoms with Crippen molar-refractivity contribution in [3.63, 3.8) is 0 Å². The molecule has 0 heterocycles. The summed E-state index contributed by atoms with van der Waals surface area (Å²) in [7, 11) is -6.77. The molecule has 0 amide bonds. The van der Waals surface area contributed by atoms with Crippen molar-refractivity contribution in [1.82, 2.24) is 0 Å². The Morgan fingerprint density at radius 1 is 0.667 bits per heavy atom. The Morgan fingerprint density at radius 3 is 1.42 bits per heavy atom. The van der Waals surface area contributed by atoms with Crippen LogP contribution in [0.15, 0.2) is 0 Å². The van der Waals surface area contributed by atoms with E-state index in [0.717, 1.165) is 0 Å². The predicted octanol–water partition coefficient (Wildman–Crippen LogP) is 5.03. The maximum Gasteiger partial charge on any atom is 0.437 e. The Labute approximate surface area is 132 Å². The first-order valence-corrected chi connectivity index (χ1v) is 8.07. The quantitative estimate of drug-likeness (QED) is 0.319. The zero-order valence-electron chi connectivity index (χ0n) is 12.0. The monoisotopic (exact) mass is 398 g/mol. The van der Waals surface area contributed by atoms with Crippen LogP contribution >= 0.6 is 0 Å². The van der Waals surface area contributed by atoms with Crippen molar-refractivity contribution >= 4 is 10.1 Å². The summed E-state index contributed by atoms with van der Waals surface area (Å²) in [5, 5.41) is -6.38. The van der Waals surface area contributed by atoms with Gasteiger partial charge in [-0.1, -0.05) is 19.3 Å². The lowest BCUT2D eigenvalue weighted by Crippen LogP contribution is -2.57. The average Bonchev–Trinajstić information content (AvgIpc) is 2.34. The van der Waals surface area contributed by atoms with Gasteiger partial charge < -0.3 is 0 Å². The molecule has 0 bridgehead atoms. The van der Waals surface area contributed by atoms with Gasteiger partial charge in [0.05, 0.1) is 0 Å². The summed E-state index contributed by atoms with van der Waals surface area (Å²) in [5.41, 5.74) is 0. The van der Waals surface area contributed by atoms with Crippen LogP contribution in [0.25, 0.3) is 0 Å². The van der Waals surface area contributed by atoms with Crippen LogP contribution in [0.5, 0.6) is 0 Å². The van der Waals surface area contributed by atoms with Gasteiger partial charge in [-0.05, 0) is 12.8 Å². The normalized spacial score (nSPS) is 14.9. The number of unbranched alkanes of at least 4 members (excludes halogenated alkanes) is 4. The molecule has 0 fully saturated rings. The molecule has 13 heteroatoms. The molecule has 0 aliphatic heterocycles. The lowest BCUT2D eigenvalue weighted by Gasteiger charge is -2.30. The third kappa shape index (κ3) is 5.97. The van der Waals surface area contributed by atoms with Crippen LogP contribution in [0.1, 0.15) is 44.9 Å². The van der Waals surface area contributed by atoms with Crippen LogP contribution in [0.4, 0.5) is 39.5 Å². The summed E-state index contributed by atoms with van der Waals surface area (Å²) >= 11 is 0. The second kappa shape index (κ2) is 7.67. The first-order chi connectivity index (χ1) is 10.5. The highest BCUT2D eigenvalue weighted by atomic mass is 32.2. The average molecular weight is 398 g/mol. The van der Waals surface area contributed by atoms with E-state index >= 15 is 0 Å². The first-order valence-electron chi connectivity index (χ1n) is 6.63. The predicted molar refractivity (Wildman–Crippen MR) is 64.8 cm³/mol. The van der Waals surface area contributed by atoms with Gasteiger partial charge >= 0.3 is 33.4 Å². The number of rotatable bonds is 10. The smallest absolute Gasteiger partial charge is 0.281 e. The molecule has 24 heavy (non-hydrogen) atoms. The van der Waals surface area contributed by atoms with Crippen molar-refractivity contribution in [3.05, 3.63) is 0 Å². The molecule has 0 saturated carbocycles. The molecule has 0 aromatic rings. The fourth-order valence-corrected chi connectivity index (χ4v) is 2.21. The summed E-state index contributed by atoms with van der Waals surface area (Å²) in [6, 6.07) is 0. The van der Waals surface area contributed by atoms with Gasteiger partial charge in [-0.25, -0.2) is 0 Å². The molecule has 0 rings (SSSR count). The van der Waals surface area contributed by atoms with E-state index in [2.05, 4.69) is 0 Å². The minimum atomic E-state index is -6.77. The Balaban J connectivity index is 4.50. The second-order valence-electron chi connectivity index (χ2n) is 5.15. The van der Waals surface area contributed by atoms with Gasteiger partial charge in [0.15, 0.2) is 0 Å². The van der Waals surface area contributed by atoms with Crippen molar-refractivity contribution in [3.8, 4) is 0 Å². The van der Waals surface area contributed by atoms with E-state index < -0.39 is 52.7 Å². The van der Waals surface area contributed by atoms with Gasteiger partial charge in [-0.2, -0.15) is 47.9 Å². The van der Waals surface area contributed by atoms with Crippen LogP contribution < -0.4 is 0 Å². The summed E-state index contributed by atoms with van der Waals surface area (Å²) in [5.74, 6) is -11.8. The number of hydrogen-bond donors (Lipinski definition) is 1. The lowest BCUT2D eigenvalue weighted by molar-refractivity contribution is -0.282. The molecule has 0 atom stereocenters. The van der Waals surface area contributed by atoms with Crippen LogP contribution in [0.3, 0.4) is 0 Å². The number of halogens is 9. The van der Waals surface area contributed by atoms with E-state index in [-0.39, 0.29) is 25.7 Å². The lowest BCUT2D eigenvalue weighted by atomic mass is 10.0. The van der Waals surface area contributed by atoms with E-state index in [1.165, 1.54) is 0 Å². The minimum absolute atomic E-state index is 0.0214. The molecule has 0 unspecified atom stereocenters. The molecule has 146 valence electrons. The van der Waals surface area contributed by atoms with Gasteiger partial charge in [0.25, 0.3) is 0 Å². The molecular formula is C11H15F9O3S. The van der Waals surface area contributed by atoms with Crippen LogP contribution in [0.2, 0.25) is 0 Å². The molecule has 0 aromatic carbocycles. The third-order valence-electron chi connectivity index (χ3n) is 3.10. The zero-order chi connectivity index (χ0) is 19.4.